The van der Waals surface area contributed by atoms with Crippen molar-refractivity contribution in [3.8, 4) is 11.4 Å². The Labute approximate surface area is 178 Å². The maximum atomic E-state index is 13.0. The first kappa shape index (κ1) is 21.9. The molecule has 2 aromatic carbocycles. The number of benzene rings is 2. The van der Waals surface area contributed by atoms with Crippen molar-refractivity contribution >= 4 is 35.0 Å². The average molecular weight is 458 g/mol. The number of carbonyl (C=O) groups excluding carboxylic acids is 1. The lowest BCUT2D eigenvalue weighted by atomic mass is 10.2. The van der Waals surface area contributed by atoms with Crippen LogP contribution in [-0.4, -0.2) is 38.5 Å². The lowest BCUT2D eigenvalue weighted by Gasteiger charge is -2.14. The molecule has 0 aliphatic carbocycles. The Bertz CT molecular complexity index is 1060. The number of methoxy groups -OCH3 is 1. The number of tetrazole rings is 1. The Hall–Kier alpha value is -2.79. The van der Waals surface area contributed by atoms with Crippen molar-refractivity contribution in [1.82, 2.24) is 20.2 Å². The Morgan fingerprint density at radius 2 is 2.00 bits per heavy atom. The third kappa shape index (κ3) is 4.85. The quantitative estimate of drug-likeness (QED) is 0.550. The number of rotatable bonds is 6. The molecule has 0 saturated carbocycles. The minimum Gasteiger partial charge on any atom is -0.494 e. The van der Waals surface area contributed by atoms with Crippen LogP contribution in [0.5, 0.6) is 5.75 Å². The molecule has 1 N–H and O–H groups in total. The van der Waals surface area contributed by atoms with Crippen LogP contribution in [-0.2, 0) is 11.0 Å². The fourth-order valence-electron chi connectivity index (χ4n) is 2.48. The molecule has 158 valence electrons. The van der Waals surface area contributed by atoms with Crippen LogP contribution in [0.2, 0.25) is 5.02 Å². The zero-order valence-electron chi connectivity index (χ0n) is 15.6. The zero-order valence-corrected chi connectivity index (χ0v) is 17.2. The Morgan fingerprint density at radius 3 is 2.70 bits per heavy atom. The molecule has 1 aromatic heterocycles. The number of amides is 1. The average Bonchev–Trinajstić information content (AvgIpc) is 3.16. The molecule has 0 fully saturated rings. The van der Waals surface area contributed by atoms with Gasteiger partial charge in [-0.05, 0) is 47.7 Å². The molecular weight excluding hydrogens is 443 g/mol. The van der Waals surface area contributed by atoms with Crippen molar-refractivity contribution in [2.75, 3.05) is 12.4 Å². The summed E-state index contributed by atoms with van der Waals surface area (Å²) in [4.78, 5) is 12.5. The van der Waals surface area contributed by atoms with Gasteiger partial charge in [-0.25, -0.2) is 0 Å². The van der Waals surface area contributed by atoms with Crippen molar-refractivity contribution in [3.05, 3.63) is 53.1 Å². The minimum absolute atomic E-state index is 0.0199. The molecular formula is C18H15ClF3N5O2S. The fourth-order valence-corrected chi connectivity index (χ4v) is 3.51. The van der Waals surface area contributed by atoms with Crippen molar-refractivity contribution in [3.63, 3.8) is 0 Å². The van der Waals surface area contributed by atoms with Gasteiger partial charge in [-0.2, -0.15) is 17.9 Å². The normalized spacial score (nSPS) is 12.5. The molecule has 0 radical (unpaired) electrons. The number of halogens is 4. The Balaban J connectivity index is 1.76. The highest BCUT2D eigenvalue weighted by Crippen LogP contribution is 2.36. The van der Waals surface area contributed by atoms with E-state index in [4.69, 9.17) is 16.3 Å². The van der Waals surface area contributed by atoms with Crippen LogP contribution < -0.4 is 10.1 Å². The highest BCUT2D eigenvalue weighted by Gasteiger charge is 2.33. The number of carbonyl (C=O) groups is 1. The summed E-state index contributed by atoms with van der Waals surface area (Å²) in [5, 5.41) is 13.1. The maximum Gasteiger partial charge on any atom is 0.417 e. The van der Waals surface area contributed by atoms with Gasteiger partial charge in [0.15, 0.2) is 0 Å². The number of anilines is 1. The van der Waals surface area contributed by atoms with Gasteiger partial charge in [-0.1, -0.05) is 35.5 Å². The summed E-state index contributed by atoms with van der Waals surface area (Å²) >= 11 is 6.65. The summed E-state index contributed by atoms with van der Waals surface area (Å²) in [7, 11) is 1.51. The third-order valence-corrected chi connectivity index (χ3v) is 5.31. The van der Waals surface area contributed by atoms with Gasteiger partial charge in [0, 0.05) is 5.69 Å². The van der Waals surface area contributed by atoms with E-state index in [1.54, 1.807) is 31.2 Å². The molecule has 0 bridgehead atoms. The predicted octanol–water partition coefficient (Wildman–Crippen LogP) is 4.46. The Morgan fingerprint density at radius 1 is 1.27 bits per heavy atom. The number of nitrogens with one attached hydrogen (secondary N) is 1. The second-order valence-corrected chi connectivity index (χ2v) is 7.70. The number of hydrogen-bond acceptors (Lipinski definition) is 6. The van der Waals surface area contributed by atoms with Crippen molar-refractivity contribution < 1.29 is 22.7 Å². The lowest BCUT2D eigenvalue weighted by molar-refractivity contribution is -0.137. The van der Waals surface area contributed by atoms with Crippen molar-refractivity contribution in [1.29, 1.82) is 0 Å². The summed E-state index contributed by atoms with van der Waals surface area (Å²) in [6.07, 6.45) is -4.63. The predicted molar refractivity (Wildman–Crippen MR) is 106 cm³/mol. The summed E-state index contributed by atoms with van der Waals surface area (Å²) < 4.78 is 45.7. The molecule has 0 spiro atoms. The highest BCUT2D eigenvalue weighted by molar-refractivity contribution is 8.00. The van der Waals surface area contributed by atoms with E-state index in [0.717, 1.165) is 23.9 Å². The first-order valence-corrected chi connectivity index (χ1v) is 9.72. The van der Waals surface area contributed by atoms with Gasteiger partial charge >= 0.3 is 6.18 Å². The van der Waals surface area contributed by atoms with Crippen LogP contribution >= 0.6 is 23.4 Å². The van der Waals surface area contributed by atoms with E-state index in [1.807, 2.05) is 0 Å². The molecule has 1 amide bonds. The van der Waals surface area contributed by atoms with E-state index in [-0.39, 0.29) is 5.69 Å². The van der Waals surface area contributed by atoms with Crippen LogP contribution in [0.4, 0.5) is 18.9 Å². The van der Waals surface area contributed by atoms with E-state index in [0.29, 0.717) is 16.6 Å². The zero-order chi connectivity index (χ0) is 21.9. The van der Waals surface area contributed by atoms with Gasteiger partial charge in [0.25, 0.3) is 0 Å². The minimum atomic E-state index is -4.63. The fraction of sp³-hybridized carbons (Fsp3) is 0.222. The van der Waals surface area contributed by atoms with E-state index in [9.17, 15) is 18.0 Å². The smallest absolute Gasteiger partial charge is 0.417 e. The first-order chi connectivity index (χ1) is 14.2. The van der Waals surface area contributed by atoms with E-state index in [2.05, 4.69) is 20.8 Å². The second kappa shape index (κ2) is 8.92. The first-order valence-electron chi connectivity index (χ1n) is 8.46. The number of ether oxygens (including phenoxy) is 1. The second-order valence-electron chi connectivity index (χ2n) is 5.99. The number of nitrogens with zero attached hydrogens (tertiary/aromatic N) is 4. The standard InChI is InChI=1S/C18H15ClF3N5O2S/c1-10(16(28)23-11-7-8-13(19)12(9-11)18(20,21)22)30-17-24-25-26-27(17)14-5-3-4-6-15(14)29-2/h3-10H,1-2H3,(H,23,28). The van der Waals surface area contributed by atoms with E-state index in [1.165, 1.54) is 17.9 Å². The summed E-state index contributed by atoms with van der Waals surface area (Å²) in [6.45, 7) is 1.59. The van der Waals surface area contributed by atoms with Crippen LogP contribution in [0.25, 0.3) is 5.69 Å². The van der Waals surface area contributed by atoms with Crippen LogP contribution in [0.1, 0.15) is 12.5 Å². The van der Waals surface area contributed by atoms with Crippen LogP contribution in [0.3, 0.4) is 0 Å². The topological polar surface area (TPSA) is 81.9 Å². The SMILES string of the molecule is COc1ccccc1-n1nnnc1SC(C)C(=O)Nc1ccc(Cl)c(C(F)(F)F)c1. The summed E-state index contributed by atoms with van der Waals surface area (Å²) in [5.41, 5.74) is -0.469. The molecule has 0 saturated heterocycles. The molecule has 1 unspecified atom stereocenters. The Kier molecular flexibility index (Phi) is 6.52. The van der Waals surface area contributed by atoms with Gasteiger partial charge in [0.2, 0.25) is 11.1 Å². The van der Waals surface area contributed by atoms with E-state index >= 15 is 0 Å². The number of aromatic nitrogens is 4. The van der Waals surface area contributed by atoms with Crippen molar-refractivity contribution in [2.24, 2.45) is 0 Å². The number of thioether (sulfide) groups is 1. The molecule has 30 heavy (non-hydrogen) atoms. The molecule has 3 aromatic rings. The number of alkyl halides is 3. The maximum absolute atomic E-state index is 13.0. The molecule has 1 heterocycles. The van der Waals surface area contributed by atoms with Gasteiger partial charge in [0.05, 0.1) is 22.9 Å². The van der Waals surface area contributed by atoms with Gasteiger partial charge in [-0.3, -0.25) is 4.79 Å². The lowest BCUT2D eigenvalue weighted by Crippen LogP contribution is -2.23. The molecule has 0 aliphatic heterocycles. The summed E-state index contributed by atoms with van der Waals surface area (Å²) in [6, 6.07) is 10.2. The summed E-state index contributed by atoms with van der Waals surface area (Å²) in [5.74, 6) is 0.00891. The molecule has 0 aliphatic rings. The molecule has 12 heteroatoms. The monoisotopic (exact) mass is 457 g/mol. The van der Waals surface area contributed by atoms with Gasteiger partial charge < -0.3 is 10.1 Å². The molecule has 7 nitrogen and oxygen atoms in total. The number of para-hydroxylation sites is 2. The molecule has 3 rings (SSSR count). The largest absolute Gasteiger partial charge is 0.494 e. The number of hydrogen-bond donors (Lipinski definition) is 1. The van der Waals surface area contributed by atoms with Gasteiger partial charge in [-0.15, -0.1) is 5.10 Å². The molecule has 1 atom stereocenters. The van der Waals surface area contributed by atoms with Crippen LogP contribution in [0.15, 0.2) is 47.6 Å². The van der Waals surface area contributed by atoms with Crippen LogP contribution in [0, 0.1) is 0 Å². The van der Waals surface area contributed by atoms with E-state index < -0.39 is 27.9 Å². The van der Waals surface area contributed by atoms with Crippen molar-refractivity contribution in [2.45, 2.75) is 23.5 Å². The highest BCUT2D eigenvalue weighted by atomic mass is 35.5. The van der Waals surface area contributed by atoms with Gasteiger partial charge in [0.1, 0.15) is 11.4 Å². The third-order valence-electron chi connectivity index (χ3n) is 3.94.